The fourth-order valence-electron chi connectivity index (χ4n) is 8.87. The normalized spacial score (nSPS) is 13.6. The Labute approximate surface area is 420 Å². The molecule has 0 aliphatic heterocycles. The highest BCUT2D eigenvalue weighted by atomic mass is 32.2. The molecule has 1 unspecified atom stereocenters. The predicted octanol–water partition coefficient (Wildman–Crippen LogP) is 15.5. The monoisotopic (exact) mass is 1010 g/mol. The lowest BCUT2D eigenvalue weighted by molar-refractivity contribution is -0.161. The van der Waals surface area contributed by atoms with Crippen LogP contribution in [0.1, 0.15) is 194 Å². The number of benzene rings is 4. The number of ether oxygens (including phenoxy) is 2. The van der Waals surface area contributed by atoms with Crippen LogP contribution in [0.25, 0.3) is 32.3 Å². The quantitative estimate of drug-likeness (QED) is 0.0144. The van der Waals surface area contributed by atoms with Crippen LogP contribution in [0.5, 0.6) is 0 Å². The number of hydrogen-bond donors (Lipinski definition) is 2. The predicted molar refractivity (Wildman–Crippen MR) is 287 cm³/mol. The fraction of sp³-hybridized carbons (Fsp3) is 0.614. The van der Waals surface area contributed by atoms with Crippen LogP contribution in [0.2, 0.25) is 0 Å². The van der Waals surface area contributed by atoms with Crippen LogP contribution >= 0.6 is 7.82 Å². The SMILES string of the molecule is CCCCCCCCC=CCCCCCCCC(=O)OC[C@H](COP(=O)(O)OCCNS(=O)(=O)c1ccc2ccc3cccc4ccc1c2c34)OC(=O)CCCCCCCC=CCCCCCCCC. The van der Waals surface area contributed by atoms with Gasteiger partial charge in [-0.2, -0.15) is 0 Å². The van der Waals surface area contributed by atoms with E-state index in [9.17, 15) is 27.5 Å². The van der Waals surface area contributed by atoms with E-state index in [1.807, 2.05) is 36.4 Å². The minimum absolute atomic E-state index is 0.0832. The molecule has 70 heavy (non-hydrogen) atoms. The third-order valence-corrected chi connectivity index (χ3v) is 15.4. The van der Waals surface area contributed by atoms with Crippen LogP contribution in [0.3, 0.4) is 0 Å². The molecule has 4 aromatic carbocycles. The molecule has 13 heteroatoms. The Balaban J connectivity index is 1.17. The summed E-state index contributed by atoms with van der Waals surface area (Å²) >= 11 is 0. The van der Waals surface area contributed by atoms with Crippen molar-refractivity contribution >= 4 is 62.1 Å². The van der Waals surface area contributed by atoms with Crippen molar-refractivity contribution in [2.24, 2.45) is 0 Å². The minimum Gasteiger partial charge on any atom is -0.462 e. The van der Waals surface area contributed by atoms with Gasteiger partial charge in [0.2, 0.25) is 10.0 Å². The van der Waals surface area contributed by atoms with Crippen molar-refractivity contribution in [1.82, 2.24) is 4.72 Å². The number of carbonyl (C=O) groups excluding carboxylic acids is 2. The van der Waals surface area contributed by atoms with Gasteiger partial charge in [0.05, 0.1) is 18.1 Å². The molecule has 0 saturated heterocycles. The number of rotatable bonds is 42. The number of carbonyl (C=O) groups is 2. The Morgan fingerprint density at radius 3 is 1.57 bits per heavy atom. The molecule has 0 amide bonds. The molecular weight excluding hydrogens is 922 g/mol. The molecule has 2 atom stereocenters. The van der Waals surface area contributed by atoms with Gasteiger partial charge in [-0.15, -0.1) is 0 Å². The van der Waals surface area contributed by atoms with Crippen LogP contribution in [0.4, 0.5) is 0 Å². The van der Waals surface area contributed by atoms with Gasteiger partial charge in [-0.1, -0.05) is 189 Å². The van der Waals surface area contributed by atoms with Crippen molar-refractivity contribution in [3.05, 3.63) is 78.9 Å². The number of phosphoric ester groups is 1. The lowest BCUT2D eigenvalue weighted by Crippen LogP contribution is -2.30. The lowest BCUT2D eigenvalue weighted by Gasteiger charge is -2.20. The van der Waals surface area contributed by atoms with E-state index >= 15 is 0 Å². The van der Waals surface area contributed by atoms with Crippen molar-refractivity contribution in [2.75, 3.05) is 26.4 Å². The molecule has 11 nitrogen and oxygen atoms in total. The molecule has 0 saturated carbocycles. The zero-order chi connectivity index (χ0) is 50.1. The minimum atomic E-state index is -4.75. The molecule has 0 aromatic heterocycles. The first-order valence-corrected chi connectivity index (χ1v) is 30.0. The number of sulfonamides is 1. The van der Waals surface area contributed by atoms with Crippen LogP contribution in [0, 0.1) is 0 Å². The third-order valence-electron chi connectivity index (χ3n) is 12.9. The number of unbranched alkanes of at least 4 members (excludes halogenated alkanes) is 22. The first-order valence-electron chi connectivity index (χ1n) is 27.0. The van der Waals surface area contributed by atoms with Crippen molar-refractivity contribution < 1.29 is 46.0 Å². The fourth-order valence-corrected chi connectivity index (χ4v) is 10.8. The van der Waals surface area contributed by atoms with Crippen LogP contribution in [0.15, 0.2) is 83.8 Å². The Kier molecular flexibility index (Phi) is 29.2. The largest absolute Gasteiger partial charge is 0.472 e. The molecule has 4 rings (SSSR count). The third kappa shape index (κ3) is 23.3. The number of nitrogens with one attached hydrogen (secondary N) is 1. The molecule has 0 spiro atoms. The summed E-state index contributed by atoms with van der Waals surface area (Å²) in [5.41, 5.74) is 0. The number of esters is 2. The summed E-state index contributed by atoms with van der Waals surface area (Å²) in [6, 6.07) is 17.0. The Morgan fingerprint density at radius 1 is 0.571 bits per heavy atom. The van der Waals surface area contributed by atoms with Gasteiger partial charge in [0.15, 0.2) is 6.10 Å². The molecule has 390 valence electrons. The lowest BCUT2D eigenvalue weighted by atomic mass is 9.94. The van der Waals surface area contributed by atoms with Gasteiger partial charge in [0.25, 0.3) is 0 Å². The van der Waals surface area contributed by atoms with Gasteiger partial charge in [0, 0.05) is 24.8 Å². The average molecular weight is 1010 g/mol. The summed E-state index contributed by atoms with van der Waals surface area (Å²) < 4.78 is 64.0. The molecule has 0 fully saturated rings. The van der Waals surface area contributed by atoms with Gasteiger partial charge in [-0.3, -0.25) is 18.6 Å². The Morgan fingerprint density at radius 2 is 1.03 bits per heavy atom. The smallest absolute Gasteiger partial charge is 0.462 e. The molecule has 0 aliphatic rings. The second kappa shape index (κ2) is 34.7. The topological polar surface area (TPSA) is 155 Å². The van der Waals surface area contributed by atoms with Crippen LogP contribution in [-0.4, -0.2) is 57.7 Å². The summed E-state index contributed by atoms with van der Waals surface area (Å²) in [5, 5.41) is 5.33. The van der Waals surface area contributed by atoms with Gasteiger partial charge >= 0.3 is 19.8 Å². The molecular formula is C57H86NO10PS. The van der Waals surface area contributed by atoms with E-state index in [1.165, 1.54) is 77.0 Å². The first-order chi connectivity index (χ1) is 34.0. The zero-order valence-corrected chi connectivity index (χ0v) is 44.4. The first kappa shape index (κ1) is 58.9. The van der Waals surface area contributed by atoms with E-state index in [0.717, 1.165) is 104 Å². The van der Waals surface area contributed by atoms with Gasteiger partial charge in [0.1, 0.15) is 6.61 Å². The molecule has 0 radical (unpaired) electrons. The van der Waals surface area contributed by atoms with Crippen molar-refractivity contribution in [1.29, 1.82) is 0 Å². The summed E-state index contributed by atoms with van der Waals surface area (Å²) in [6.45, 7) is 2.77. The second-order valence-electron chi connectivity index (χ2n) is 18.9. The number of phosphoric acid groups is 1. The van der Waals surface area contributed by atoms with Crippen molar-refractivity contribution in [2.45, 2.75) is 205 Å². The molecule has 0 heterocycles. The van der Waals surface area contributed by atoms with E-state index < -0.39 is 49.1 Å². The highest BCUT2D eigenvalue weighted by Gasteiger charge is 2.27. The number of hydrogen-bond acceptors (Lipinski definition) is 9. The van der Waals surface area contributed by atoms with Crippen LogP contribution < -0.4 is 4.72 Å². The average Bonchev–Trinajstić information content (AvgIpc) is 3.35. The maximum Gasteiger partial charge on any atom is 0.472 e. The summed E-state index contributed by atoms with van der Waals surface area (Å²) in [5.74, 6) is -0.967. The van der Waals surface area contributed by atoms with E-state index in [-0.39, 0.29) is 30.9 Å². The van der Waals surface area contributed by atoms with Crippen LogP contribution in [-0.2, 0) is 42.7 Å². The van der Waals surface area contributed by atoms with Gasteiger partial charge < -0.3 is 14.4 Å². The van der Waals surface area contributed by atoms with E-state index in [2.05, 4.69) is 42.9 Å². The summed E-state index contributed by atoms with van der Waals surface area (Å²) in [4.78, 5) is 36.3. The van der Waals surface area contributed by atoms with Gasteiger partial charge in [-0.05, 0) is 97.2 Å². The summed E-state index contributed by atoms with van der Waals surface area (Å²) in [6.07, 6.45) is 38.0. The number of allylic oxidation sites excluding steroid dienone is 4. The maximum atomic E-state index is 13.5. The molecule has 0 bridgehead atoms. The zero-order valence-electron chi connectivity index (χ0n) is 42.7. The molecule has 4 aromatic rings. The Hall–Kier alpha value is -3.64. The molecule has 2 N–H and O–H groups in total. The highest BCUT2D eigenvalue weighted by Crippen LogP contribution is 2.43. The second-order valence-corrected chi connectivity index (χ2v) is 22.1. The van der Waals surface area contributed by atoms with Crippen molar-refractivity contribution in [3.8, 4) is 0 Å². The summed E-state index contributed by atoms with van der Waals surface area (Å²) in [7, 11) is -8.80. The van der Waals surface area contributed by atoms with E-state index in [4.69, 9.17) is 18.5 Å². The Bertz CT molecular complexity index is 2280. The molecule has 0 aliphatic carbocycles. The van der Waals surface area contributed by atoms with E-state index in [1.54, 1.807) is 18.2 Å². The maximum absolute atomic E-state index is 13.5. The standard InChI is InChI=1S/C57H86NO10PS/c1-3-5-7-9-11-13-15-17-19-21-23-25-27-29-31-36-54(59)65-46-51(68-55(60)37-32-30-28-26-24-22-20-18-16-14-12-10-8-6-4-2)47-67-69(61,62)66-45-44-58-70(63,64)53-43-41-50-39-38-48-34-33-35-49-40-42-52(53)57(50)56(48)49/h17-20,33-35,38-43,51,58H,3-16,21-32,36-37,44-47H2,1-2H3,(H,61,62)/t51-/m1/s1. The van der Waals surface area contributed by atoms with Crippen molar-refractivity contribution in [3.63, 3.8) is 0 Å². The highest BCUT2D eigenvalue weighted by molar-refractivity contribution is 7.89. The van der Waals surface area contributed by atoms with Gasteiger partial charge in [-0.25, -0.2) is 17.7 Å². The van der Waals surface area contributed by atoms with E-state index in [0.29, 0.717) is 18.2 Å².